The maximum atomic E-state index is 10.5. The van der Waals surface area contributed by atoms with Crippen LogP contribution in [0, 0.1) is 13.8 Å². The fraction of sp³-hybridized carbons (Fsp3) is 0.0938. The van der Waals surface area contributed by atoms with Crippen molar-refractivity contribution < 1.29 is 10.2 Å². The molecule has 1 unspecified atom stereocenters. The number of anilines is 2. The molecular formula is C32H25ClN6O2. The molecule has 0 saturated heterocycles. The van der Waals surface area contributed by atoms with Crippen molar-refractivity contribution >= 4 is 46.2 Å². The van der Waals surface area contributed by atoms with Crippen molar-refractivity contribution in [2.45, 2.75) is 19.9 Å². The number of halogens is 1. The smallest absolute Gasteiger partial charge is 0.179 e. The summed E-state index contributed by atoms with van der Waals surface area (Å²) in [5, 5.41) is 29.7. The number of aryl methyl sites for hydroxylation is 2. The number of aromatic hydroxyl groups is 2. The van der Waals surface area contributed by atoms with Gasteiger partial charge >= 0.3 is 0 Å². The van der Waals surface area contributed by atoms with Crippen LogP contribution in [-0.4, -0.2) is 31.7 Å². The highest BCUT2D eigenvalue weighted by Gasteiger charge is 2.41. The van der Waals surface area contributed by atoms with Crippen molar-refractivity contribution in [1.29, 1.82) is 0 Å². The first kappa shape index (κ1) is 24.9. The molecule has 0 radical (unpaired) electrons. The van der Waals surface area contributed by atoms with E-state index in [2.05, 4.69) is 10.2 Å². The number of aliphatic imine (C=N–C) groups is 2. The van der Waals surface area contributed by atoms with Gasteiger partial charge < -0.3 is 20.4 Å². The molecule has 3 N–H and O–H groups in total. The Morgan fingerprint density at radius 1 is 0.829 bits per heavy atom. The van der Waals surface area contributed by atoms with Crippen LogP contribution in [0.4, 0.5) is 22.9 Å². The molecule has 7 rings (SSSR count). The molecule has 1 atom stereocenters. The summed E-state index contributed by atoms with van der Waals surface area (Å²) in [4.78, 5) is 12.3. The average Bonchev–Trinajstić information content (AvgIpc) is 3.32. The first-order valence-electron chi connectivity index (χ1n) is 13.1. The predicted octanol–water partition coefficient (Wildman–Crippen LogP) is 7.35. The molecular weight excluding hydrogens is 536 g/mol. The number of aromatic nitrogens is 2. The SMILES string of the molecule is Cc1ccc(NC2=Nc3ccccc3N3C2=Nc2c(c(C)nn2-c2ccccc2)C3c2ccc(O)c(O)c2)cc1Cl. The number of hydrogen-bond acceptors (Lipinski definition) is 7. The maximum absolute atomic E-state index is 10.5. The zero-order valence-electron chi connectivity index (χ0n) is 22.2. The summed E-state index contributed by atoms with van der Waals surface area (Å²) in [5.41, 5.74) is 6.68. The van der Waals surface area contributed by atoms with Gasteiger partial charge in [-0.15, -0.1) is 0 Å². The number of amidine groups is 2. The zero-order valence-corrected chi connectivity index (χ0v) is 23.0. The minimum Gasteiger partial charge on any atom is -0.504 e. The van der Waals surface area contributed by atoms with Gasteiger partial charge in [0.1, 0.15) is 0 Å². The van der Waals surface area contributed by atoms with E-state index in [-0.39, 0.29) is 11.5 Å². The molecule has 0 saturated carbocycles. The minimum atomic E-state index is -0.434. The summed E-state index contributed by atoms with van der Waals surface area (Å²) in [6, 6.07) is 28.0. The Morgan fingerprint density at radius 3 is 2.39 bits per heavy atom. The third-order valence-corrected chi connectivity index (χ3v) is 7.80. The molecule has 0 aliphatic carbocycles. The lowest BCUT2D eigenvalue weighted by atomic mass is 9.93. The topological polar surface area (TPSA) is 98.3 Å². The lowest BCUT2D eigenvalue weighted by molar-refractivity contribution is 0.403. The molecule has 3 heterocycles. The van der Waals surface area contributed by atoms with Crippen LogP contribution in [0.2, 0.25) is 5.02 Å². The van der Waals surface area contributed by atoms with E-state index in [1.165, 1.54) is 6.07 Å². The van der Waals surface area contributed by atoms with Gasteiger partial charge in [0.25, 0.3) is 0 Å². The molecule has 2 aliphatic rings. The van der Waals surface area contributed by atoms with Crippen LogP contribution in [0.25, 0.3) is 5.69 Å². The van der Waals surface area contributed by atoms with E-state index in [1.54, 1.807) is 6.07 Å². The molecule has 5 aromatic rings. The normalized spacial score (nSPS) is 15.4. The maximum Gasteiger partial charge on any atom is 0.179 e. The molecule has 41 heavy (non-hydrogen) atoms. The minimum absolute atomic E-state index is 0.186. The number of nitrogens with one attached hydrogen (secondary N) is 1. The molecule has 4 aromatic carbocycles. The Labute approximate surface area is 241 Å². The van der Waals surface area contributed by atoms with Gasteiger partial charge in [-0.05, 0) is 73.5 Å². The van der Waals surface area contributed by atoms with Crippen LogP contribution in [0.15, 0.2) is 101 Å². The summed E-state index contributed by atoms with van der Waals surface area (Å²) in [5.74, 6) is 1.40. The molecule has 0 spiro atoms. The lowest BCUT2D eigenvalue weighted by Crippen LogP contribution is -2.46. The Morgan fingerprint density at radius 2 is 1.61 bits per heavy atom. The molecule has 202 valence electrons. The molecule has 8 nitrogen and oxygen atoms in total. The molecule has 0 fully saturated rings. The fourth-order valence-corrected chi connectivity index (χ4v) is 5.56. The van der Waals surface area contributed by atoms with Gasteiger partial charge in [0.05, 0.1) is 28.8 Å². The molecule has 2 aliphatic heterocycles. The van der Waals surface area contributed by atoms with Crippen LogP contribution < -0.4 is 10.2 Å². The van der Waals surface area contributed by atoms with Crippen molar-refractivity contribution in [3.8, 4) is 17.2 Å². The standard InChI is InChI=1S/C32H25ClN6O2/c1-18-12-14-21(17-23(18)33)34-30-32-36-31-28(19(2)37-39(31)22-8-4-3-5-9-22)29(20-13-15-26(40)27(41)16-20)38(32)25-11-7-6-10-24(25)35-30/h3-17,29,40-41H,1-2H3,(H,34,35). The van der Waals surface area contributed by atoms with Crippen LogP contribution in [0.1, 0.15) is 28.4 Å². The number of para-hydroxylation sites is 3. The Kier molecular flexibility index (Phi) is 5.80. The van der Waals surface area contributed by atoms with E-state index in [0.29, 0.717) is 22.5 Å². The van der Waals surface area contributed by atoms with Gasteiger partial charge in [-0.3, -0.25) is 0 Å². The highest BCUT2D eigenvalue weighted by molar-refractivity contribution is 6.51. The highest BCUT2D eigenvalue weighted by atomic mass is 35.5. The second kappa shape index (κ2) is 9.53. The van der Waals surface area contributed by atoms with Crippen molar-refractivity contribution in [2.24, 2.45) is 9.98 Å². The summed E-state index contributed by atoms with van der Waals surface area (Å²) >= 11 is 6.46. The predicted molar refractivity (Wildman–Crippen MR) is 163 cm³/mol. The third kappa shape index (κ3) is 4.11. The lowest BCUT2D eigenvalue weighted by Gasteiger charge is -2.40. The van der Waals surface area contributed by atoms with Gasteiger partial charge in [0, 0.05) is 16.3 Å². The van der Waals surface area contributed by atoms with Crippen molar-refractivity contribution in [3.63, 3.8) is 0 Å². The zero-order chi connectivity index (χ0) is 28.2. The van der Waals surface area contributed by atoms with Gasteiger partial charge in [-0.25, -0.2) is 14.7 Å². The highest BCUT2D eigenvalue weighted by Crippen LogP contribution is 2.49. The summed E-state index contributed by atoms with van der Waals surface area (Å²) in [6.45, 7) is 3.92. The van der Waals surface area contributed by atoms with Crippen molar-refractivity contribution in [2.75, 3.05) is 10.2 Å². The van der Waals surface area contributed by atoms with Gasteiger partial charge in [0.2, 0.25) is 0 Å². The van der Waals surface area contributed by atoms with Crippen molar-refractivity contribution in [3.05, 3.63) is 118 Å². The summed E-state index contributed by atoms with van der Waals surface area (Å²) in [7, 11) is 0. The van der Waals surface area contributed by atoms with Crippen LogP contribution >= 0.6 is 11.6 Å². The average molecular weight is 561 g/mol. The summed E-state index contributed by atoms with van der Waals surface area (Å²) in [6.07, 6.45) is 0. The number of rotatable bonds is 3. The first-order chi connectivity index (χ1) is 19.9. The number of benzene rings is 4. The number of nitrogens with zero attached hydrogens (tertiary/aromatic N) is 5. The Hall–Kier alpha value is -5.08. The van der Waals surface area contributed by atoms with E-state index < -0.39 is 6.04 Å². The molecule has 0 bridgehead atoms. The first-order valence-corrected chi connectivity index (χ1v) is 13.5. The second-order valence-corrected chi connectivity index (χ2v) is 10.5. The summed E-state index contributed by atoms with van der Waals surface area (Å²) < 4.78 is 1.84. The van der Waals surface area contributed by atoms with Gasteiger partial charge in [-0.2, -0.15) is 5.10 Å². The largest absolute Gasteiger partial charge is 0.504 e. The number of phenols is 2. The number of hydrogen-bond donors (Lipinski definition) is 3. The third-order valence-electron chi connectivity index (χ3n) is 7.39. The Bertz CT molecular complexity index is 1900. The quantitative estimate of drug-likeness (QED) is 0.200. The van der Waals surface area contributed by atoms with Crippen LogP contribution in [-0.2, 0) is 0 Å². The van der Waals surface area contributed by atoms with Gasteiger partial charge in [-0.1, -0.05) is 54.1 Å². The molecule has 0 amide bonds. The molecule has 9 heteroatoms. The van der Waals surface area contributed by atoms with Crippen molar-refractivity contribution in [1.82, 2.24) is 9.78 Å². The monoisotopic (exact) mass is 560 g/mol. The van der Waals surface area contributed by atoms with E-state index in [9.17, 15) is 10.2 Å². The number of phenolic OH excluding ortho intramolecular Hbond substituents is 2. The number of fused-ring (bicyclic) bond motifs is 4. The van der Waals surface area contributed by atoms with E-state index in [1.807, 2.05) is 97.4 Å². The van der Waals surface area contributed by atoms with E-state index >= 15 is 0 Å². The van der Waals surface area contributed by atoms with Crippen LogP contribution in [0.5, 0.6) is 11.5 Å². The second-order valence-electron chi connectivity index (χ2n) is 10.1. The van der Waals surface area contributed by atoms with Crippen LogP contribution in [0.3, 0.4) is 0 Å². The fourth-order valence-electron chi connectivity index (χ4n) is 5.38. The van der Waals surface area contributed by atoms with E-state index in [4.69, 9.17) is 26.7 Å². The van der Waals surface area contributed by atoms with E-state index in [0.717, 1.165) is 45.1 Å². The Balaban J connectivity index is 1.50. The van der Waals surface area contributed by atoms with Gasteiger partial charge in [0.15, 0.2) is 29.0 Å². The molecule has 1 aromatic heterocycles.